The number of nitrogens with zero attached hydrogens (tertiary/aromatic N) is 1. The first-order valence-electron chi connectivity index (χ1n) is 7.30. The van der Waals surface area contributed by atoms with E-state index in [0.29, 0.717) is 0 Å². The minimum atomic E-state index is -0.312. The van der Waals surface area contributed by atoms with Crippen LogP contribution in [0.5, 0.6) is 11.5 Å². The van der Waals surface area contributed by atoms with Gasteiger partial charge in [0.1, 0.15) is 11.5 Å². The van der Waals surface area contributed by atoms with Crippen LogP contribution in [0.2, 0.25) is 0 Å². The lowest BCUT2D eigenvalue weighted by atomic mass is 9.95. The average molecular weight is 287 g/mol. The zero-order chi connectivity index (χ0) is 14.8. The summed E-state index contributed by atoms with van der Waals surface area (Å²) in [6.07, 6.45) is 4.68. The second-order valence-corrected chi connectivity index (χ2v) is 5.43. The van der Waals surface area contributed by atoms with Crippen LogP contribution in [0.4, 0.5) is 0 Å². The Hall–Kier alpha value is -1.94. The zero-order valence-corrected chi connectivity index (χ0v) is 12.5. The molecule has 0 saturated carbocycles. The van der Waals surface area contributed by atoms with Crippen LogP contribution in [0.3, 0.4) is 0 Å². The molecule has 0 amide bonds. The van der Waals surface area contributed by atoms with Gasteiger partial charge in [-0.1, -0.05) is 0 Å². The van der Waals surface area contributed by atoms with E-state index in [1.54, 1.807) is 14.2 Å². The van der Waals surface area contributed by atoms with Crippen molar-refractivity contribution in [1.29, 1.82) is 0 Å². The number of aliphatic hydroxyl groups excluding tert-OH is 1. The highest BCUT2D eigenvalue weighted by Gasteiger charge is 2.21. The molecule has 1 aliphatic rings. The Balaban J connectivity index is 1.90. The van der Waals surface area contributed by atoms with E-state index in [1.807, 2.05) is 24.3 Å². The molecule has 1 N–H and O–H groups in total. The Bertz CT molecular complexity index is 633. The zero-order valence-electron chi connectivity index (χ0n) is 12.5. The van der Waals surface area contributed by atoms with Crippen LogP contribution in [0.25, 0.3) is 0 Å². The van der Waals surface area contributed by atoms with E-state index < -0.39 is 0 Å². The third-order valence-electron chi connectivity index (χ3n) is 4.20. The van der Waals surface area contributed by atoms with E-state index in [2.05, 4.69) is 10.8 Å². The fourth-order valence-corrected chi connectivity index (χ4v) is 3.05. The molecule has 112 valence electrons. The summed E-state index contributed by atoms with van der Waals surface area (Å²) < 4.78 is 12.9. The Morgan fingerprint density at radius 3 is 2.86 bits per heavy atom. The maximum absolute atomic E-state index is 10.1. The van der Waals surface area contributed by atoms with E-state index in [0.717, 1.165) is 48.4 Å². The van der Waals surface area contributed by atoms with E-state index >= 15 is 0 Å². The molecule has 0 saturated heterocycles. The Morgan fingerprint density at radius 2 is 2.10 bits per heavy atom. The summed E-state index contributed by atoms with van der Waals surface area (Å²) in [5.41, 5.74) is 3.43. The Kier molecular flexibility index (Phi) is 3.88. The van der Waals surface area contributed by atoms with Crippen LogP contribution >= 0.6 is 0 Å². The maximum Gasteiger partial charge on any atom is 0.127 e. The van der Waals surface area contributed by atoms with Gasteiger partial charge in [-0.2, -0.15) is 0 Å². The summed E-state index contributed by atoms with van der Waals surface area (Å²) in [6.45, 7) is 0.745. The SMILES string of the molecule is COc1ccc(Cn2ccc3c2CCCC3O)c(OC)c1. The van der Waals surface area contributed by atoms with Gasteiger partial charge in [0.25, 0.3) is 0 Å². The standard InChI is InChI=1S/C17H21NO3/c1-20-13-7-6-12(17(10-13)21-2)11-18-9-8-14-15(18)4-3-5-16(14)19/h6-10,16,19H,3-5,11H2,1-2H3. The van der Waals surface area contributed by atoms with Crippen molar-refractivity contribution in [3.05, 3.63) is 47.3 Å². The number of rotatable bonds is 4. The number of hydrogen-bond acceptors (Lipinski definition) is 3. The molecule has 1 atom stereocenters. The van der Waals surface area contributed by atoms with Crippen molar-refractivity contribution in [1.82, 2.24) is 4.57 Å². The normalized spacial score (nSPS) is 17.4. The molecule has 0 radical (unpaired) electrons. The molecule has 0 bridgehead atoms. The van der Waals surface area contributed by atoms with Gasteiger partial charge in [-0.15, -0.1) is 0 Å². The highest BCUT2D eigenvalue weighted by Crippen LogP contribution is 2.32. The lowest BCUT2D eigenvalue weighted by Crippen LogP contribution is -2.12. The number of aromatic nitrogens is 1. The van der Waals surface area contributed by atoms with E-state index in [-0.39, 0.29) is 6.10 Å². The van der Waals surface area contributed by atoms with Gasteiger partial charge < -0.3 is 19.1 Å². The molecule has 4 nitrogen and oxygen atoms in total. The minimum Gasteiger partial charge on any atom is -0.497 e. The van der Waals surface area contributed by atoms with E-state index in [9.17, 15) is 5.11 Å². The summed E-state index contributed by atoms with van der Waals surface area (Å²) in [6, 6.07) is 7.92. The highest BCUT2D eigenvalue weighted by molar-refractivity contribution is 5.41. The molecule has 2 aromatic rings. The molecular weight excluding hydrogens is 266 g/mol. The van der Waals surface area contributed by atoms with Gasteiger partial charge >= 0.3 is 0 Å². The summed E-state index contributed by atoms with van der Waals surface area (Å²) >= 11 is 0. The summed E-state index contributed by atoms with van der Waals surface area (Å²) in [5.74, 6) is 1.62. The number of aliphatic hydroxyl groups is 1. The Labute approximate surface area is 124 Å². The molecule has 0 fully saturated rings. The average Bonchev–Trinajstić information content (AvgIpc) is 2.92. The van der Waals surface area contributed by atoms with Crippen molar-refractivity contribution in [2.75, 3.05) is 14.2 Å². The first-order chi connectivity index (χ1) is 10.2. The molecule has 3 rings (SSSR count). The summed E-state index contributed by atoms with van der Waals surface area (Å²) in [5, 5.41) is 10.1. The fourth-order valence-electron chi connectivity index (χ4n) is 3.05. The number of methoxy groups -OCH3 is 2. The van der Waals surface area contributed by atoms with Crippen LogP contribution in [-0.2, 0) is 13.0 Å². The maximum atomic E-state index is 10.1. The summed E-state index contributed by atoms with van der Waals surface area (Å²) in [4.78, 5) is 0. The molecule has 1 aromatic heterocycles. The minimum absolute atomic E-state index is 0.312. The van der Waals surface area contributed by atoms with Gasteiger partial charge in [-0.3, -0.25) is 0 Å². The van der Waals surface area contributed by atoms with Gasteiger partial charge in [0, 0.05) is 29.1 Å². The van der Waals surface area contributed by atoms with Gasteiger partial charge in [0.2, 0.25) is 0 Å². The summed E-state index contributed by atoms with van der Waals surface area (Å²) in [7, 11) is 3.32. The largest absolute Gasteiger partial charge is 0.497 e. The first-order valence-corrected chi connectivity index (χ1v) is 7.30. The van der Waals surface area contributed by atoms with Gasteiger partial charge in [0.05, 0.1) is 26.9 Å². The molecule has 1 heterocycles. The van der Waals surface area contributed by atoms with Crippen LogP contribution in [-0.4, -0.2) is 23.9 Å². The number of fused-ring (bicyclic) bond motifs is 1. The smallest absolute Gasteiger partial charge is 0.127 e. The van der Waals surface area contributed by atoms with Crippen molar-refractivity contribution in [2.45, 2.75) is 31.9 Å². The van der Waals surface area contributed by atoms with Crippen molar-refractivity contribution in [2.24, 2.45) is 0 Å². The number of benzene rings is 1. The molecule has 1 unspecified atom stereocenters. The monoisotopic (exact) mass is 287 g/mol. The predicted molar refractivity (Wildman–Crippen MR) is 81.0 cm³/mol. The predicted octanol–water partition coefficient (Wildman–Crippen LogP) is 2.92. The third-order valence-corrected chi connectivity index (χ3v) is 4.20. The van der Waals surface area contributed by atoms with Crippen LogP contribution < -0.4 is 9.47 Å². The van der Waals surface area contributed by atoms with Crippen molar-refractivity contribution in [3.63, 3.8) is 0 Å². The molecule has 0 aliphatic heterocycles. The quantitative estimate of drug-likeness (QED) is 0.940. The molecule has 1 aliphatic carbocycles. The van der Waals surface area contributed by atoms with Crippen LogP contribution in [0, 0.1) is 0 Å². The molecule has 0 spiro atoms. The van der Waals surface area contributed by atoms with Gasteiger partial charge in [0.15, 0.2) is 0 Å². The van der Waals surface area contributed by atoms with Gasteiger partial charge in [-0.05, 0) is 37.5 Å². The fraction of sp³-hybridized carbons (Fsp3) is 0.412. The molecular formula is C17H21NO3. The highest BCUT2D eigenvalue weighted by atomic mass is 16.5. The third kappa shape index (κ3) is 2.63. The molecule has 1 aromatic carbocycles. The van der Waals surface area contributed by atoms with Crippen LogP contribution in [0.15, 0.2) is 30.5 Å². The van der Waals surface area contributed by atoms with Crippen molar-refractivity contribution >= 4 is 0 Å². The van der Waals surface area contributed by atoms with Crippen molar-refractivity contribution in [3.8, 4) is 11.5 Å². The number of ether oxygens (including phenoxy) is 2. The number of hydrogen-bond donors (Lipinski definition) is 1. The van der Waals surface area contributed by atoms with E-state index in [1.165, 1.54) is 5.69 Å². The second kappa shape index (κ2) is 5.82. The van der Waals surface area contributed by atoms with Crippen molar-refractivity contribution < 1.29 is 14.6 Å². The molecule has 21 heavy (non-hydrogen) atoms. The van der Waals surface area contributed by atoms with Crippen LogP contribution in [0.1, 0.15) is 35.8 Å². The second-order valence-electron chi connectivity index (χ2n) is 5.43. The van der Waals surface area contributed by atoms with Gasteiger partial charge in [-0.25, -0.2) is 0 Å². The first kappa shape index (κ1) is 14.0. The Morgan fingerprint density at radius 1 is 1.24 bits per heavy atom. The lowest BCUT2D eigenvalue weighted by Gasteiger charge is -2.20. The van der Waals surface area contributed by atoms with E-state index in [4.69, 9.17) is 9.47 Å². The lowest BCUT2D eigenvalue weighted by molar-refractivity contribution is 0.155. The molecule has 4 heteroatoms. The topological polar surface area (TPSA) is 43.6 Å².